The lowest BCUT2D eigenvalue weighted by molar-refractivity contribution is 0.249. The summed E-state index contributed by atoms with van der Waals surface area (Å²) in [4.78, 5) is 10.3. The monoisotopic (exact) mass is 208 g/mol. The van der Waals surface area contributed by atoms with Gasteiger partial charge < -0.3 is 11.1 Å². The quantitative estimate of drug-likeness (QED) is 0.644. The fourth-order valence-corrected chi connectivity index (χ4v) is 2.14. The molecule has 0 aromatic rings. The molecule has 0 radical (unpaired) electrons. The van der Waals surface area contributed by atoms with Gasteiger partial charge in [0.2, 0.25) is 0 Å². The van der Waals surface area contributed by atoms with Gasteiger partial charge in [0.05, 0.1) is 0 Å². The molecule has 1 atom stereocenters. The lowest BCUT2D eigenvalue weighted by Crippen LogP contribution is -2.31. The first-order valence-electron chi connectivity index (χ1n) is 3.80. The third-order valence-electron chi connectivity index (χ3n) is 1.30. The number of rotatable bonds is 6. The smallest absolute Gasteiger partial charge is 0.312 e. The zero-order valence-electron chi connectivity index (χ0n) is 7.50. The van der Waals surface area contributed by atoms with Gasteiger partial charge >= 0.3 is 6.03 Å². The Bertz CT molecular complexity index is 133. The fraction of sp³-hybridized carbons (Fsp3) is 0.857. The first-order chi connectivity index (χ1) is 5.66. The maximum absolute atomic E-state index is 10.3. The Labute approximate surface area is 82.2 Å². The third-order valence-corrected chi connectivity index (χ3v) is 3.71. The Kier molecular flexibility index (Phi) is 7.59. The molecule has 0 saturated carbocycles. The summed E-state index contributed by atoms with van der Waals surface area (Å²) >= 11 is 3.69. The molecular weight excluding hydrogens is 192 g/mol. The van der Waals surface area contributed by atoms with Crippen LogP contribution in [0, 0.1) is 0 Å². The summed E-state index contributed by atoms with van der Waals surface area (Å²) in [5, 5.41) is 3.23. The molecule has 12 heavy (non-hydrogen) atoms. The van der Waals surface area contributed by atoms with Gasteiger partial charge in [-0.2, -0.15) is 23.5 Å². The minimum absolute atomic E-state index is 0.437. The highest BCUT2D eigenvalue weighted by atomic mass is 32.2. The Morgan fingerprint density at radius 3 is 2.83 bits per heavy atom. The summed E-state index contributed by atoms with van der Waals surface area (Å²) in [5.74, 6) is 2.06. The van der Waals surface area contributed by atoms with E-state index in [9.17, 15) is 4.79 Å². The summed E-state index contributed by atoms with van der Waals surface area (Å²) in [6.07, 6.45) is 2.10. The van der Waals surface area contributed by atoms with Crippen molar-refractivity contribution in [3.05, 3.63) is 0 Å². The number of nitrogens with one attached hydrogen (secondary N) is 1. The first-order valence-corrected chi connectivity index (χ1v) is 6.25. The molecule has 0 fully saturated rings. The number of carbonyl (C=O) groups is 1. The molecule has 2 amide bonds. The van der Waals surface area contributed by atoms with Crippen molar-refractivity contribution in [3.63, 3.8) is 0 Å². The molecule has 1 unspecified atom stereocenters. The van der Waals surface area contributed by atoms with Gasteiger partial charge in [0.25, 0.3) is 0 Å². The van der Waals surface area contributed by atoms with Crippen LogP contribution in [0.5, 0.6) is 0 Å². The molecule has 0 bridgehead atoms. The topological polar surface area (TPSA) is 55.1 Å². The van der Waals surface area contributed by atoms with E-state index >= 15 is 0 Å². The summed E-state index contributed by atoms with van der Waals surface area (Å²) in [5.41, 5.74) is 4.90. The van der Waals surface area contributed by atoms with E-state index in [1.807, 2.05) is 23.5 Å². The van der Waals surface area contributed by atoms with Gasteiger partial charge in [-0.3, -0.25) is 0 Å². The van der Waals surface area contributed by atoms with Crippen LogP contribution in [-0.4, -0.2) is 35.6 Å². The number of hydrogen-bond acceptors (Lipinski definition) is 3. The molecule has 5 heteroatoms. The highest BCUT2D eigenvalue weighted by molar-refractivity contribution is 8.03. The molecule has 3 nitrogen and oxygen atoms in total. The highest BCUT2D eigenvalue weighted by Crippen LogP contribution is 2.11. The minimum atomic E-state index is -0.437. The molecule has 0 aliphatic carbocycles. The number of nitrogens with two attached hydrogens (primary N) is 1. The Balaban J connectivity index is 3.05. The third kappa shape index (κ3) is 8.07. The fourth-order valence-electron chi connectivity index (χ4n) is 0.564. The van der Waals surface area contributed by atoms with Crippen molar-refractivity contribution in [2.45, 2.75) is 12.2 Å². The molecule has 0 aliphatic heterocycles. The number of carbonyl (C=O) groups excluding carboxylic acids is 1. The van der Waals surface area contributed by atoms with Crippen LogP contribution in [0.25, 0.3) is 0 Å². The zero-order chi connectivity index (χ0) is 9.40. The number of thioether (sulfide) groups is 2. The summed E-state index contributed by atoms with van der Waals surface area (Å²) in [7, 11) is 0. The second-order valence-corrected chi connectivity index (χ2v) is 4.84. The predicted molar refractivity (Wildman–Crippen MR) is 57.9 cm³/mol. The second kappa shape index (κ2) is 7.61. The van der Waals surface area contributed by atoms with E-state index in [0.717, 1.165) is 11.5 Å². The number of primary amides is 1. The SMILES string of the molecule is CSC(C)CSCCNC(N)=O. The van der Waals surface area contributed by atoms with Crippen LogP contribution in [0.2, 0.25) is 0 Å². The first kappa shape index (κ1) is 12.0. The van der Waals surface area contributed by atoms with Crippen molar-refractivity contribution in [1.82, 2.24) is 5.32 Å². The predicted octanol–water partition coefficient (Wildman–Crippen LogP) is 1.14. The van der Waals surface area contributed by atoms with Gasteiger partial charge in [0.15, 0.2) is 0 Å². The van der Waals surface area contributed by atoms with Gasteiger partial charge in [-0.05, 0) is 6.26 Å². The summed E-state index contributed by atoms with van der Waals surface area (Å²) < 4.78 is 0. The largest absolute Gasteiger partial charge is 0.352 e. The van der Waals surface area contributed by atoms with Gasteiger partial charge in [-0.15, -0.1) is 0 Å². The van der Waals surface area contributed by atoms with E-state index in [-0.39, 0.29) is 0 Å². The van der Waals surface area contributed by atoms with Crippen molar-refractivity contribution in [1.29, 1.82) is 0 Å². The van der Waals surface area contributed by atoms with Crippen molar-refractivity contribution in [2.75, 3.05) is 24.3 Å². The molecule has 0 aliphatic rings. The molecule has 0 saturated heterocycles. The normalized spacial score (nSPS) is 12.5. The maximum Gasteiger partial charge on any atom is 0.312 e. The minimum Gasteiger partial charge on any atom is -0.352 e. The van der Waals surface area contributed by atoms with Crippen LogP contribution in [0.1, 0.15) is 6.92 Å². The number of amides is 2. The van der Waals surface area contributed by atoms with Crippen LogP contribution in [0.4, 0.5) is 4.79 Å². The van der Waals surface area contributed by atoms with Crippen molar-refractivity contribution in [3.8, 4) is 0 Å². The summed E-state index contributed by atoms with van der Waals surface area (Å²) in [6.45, 7) is 2.86. The van der Waals surface area contributed by atoms with Gasteiger partial charge in [-0.1, -0.05) is 6.92 Å². The van der Waals surface area contributed by atoms with Crippen molar-refractivity contribution in [2.24, 2.45) is 5.73 Å². The van der Waals surface area contributed by atoms with E-state index < -0.39 is 6.03 Å². The van der Waals surface area contributed by atoms with Crippen LogP contribution in [0.3, 0.4) is 0 Å². The molecule has 0 aromatic heterocycles. The Morgan fingerprint density at radius 2 is 2.33 bits per heavy atom. The zero-order valence-corrected chi connectivity index (χ0v) is 9.13. The summed E-state index contributed by atoms with van der Waals surface area (Å²) in [6, 6.07) is -0.437. The average molecular weight is 208 g/mol. The van der Waals surface area contributed by atoms with Gasteiger partial charge in [0, 0.05) is 23.3 Å². The van der Waals surface area contributed by atoms with E-state index in [0.29, 0.717) is 11.8 Å². The number of urea groups is 1. The van der Waals surface area contributed by atoms with E-state index in [1.165, 1.54) is 0 Å². The van der Waals surface area contributed by atoms with Gasteiger partial charge in [0.1, 0.15) is 0 Å². The van der Waals surface area contributed by atoms with Crippen LogP contribution in [0.15, 0.2) is 0 Å². The Hall–Kier alpha value is -0.0300. The van der Waals surface area contributed by atoms with Crippen molar-refractivity contribution < 1.29 is 4.79 Å². The van der Waals surface area contributed by atoms with Crippen LogP contribution < -0.4 is 11.1 Å². The molecule has 3 N–H and O–H groups in total. The highest BCUT2D eigenvalue weighted by Gasteiger charge is 1.98. The van der Waals surface area contributed by atoms with E-state index in [1.54, 1.807) is 0 Å². The molecular formula is C7H16N2OS2. The van der Waals surface area contributed by atoms with Crippen LogP contribution in [-0.2, 0) is 0 Å². The lowest BCUT2D eigenvalue weighted by atomic mass is 10.6. The Morgan fingerprint density at radius 1 is 1.67 bits per heavy atom. The molecule has 72 valence electrons. The number of hydrogen-bond donors (Lipinski definition) is 2. The van der Waals surface area contributed by atoms with E-state index in [4.69, 9.17) is 5.73 Å². The van der Waals surface area contributed by atoms with Gasteiger partial charge in [-0.25, -0.2) is 4.79 Å². The molecule has 0 spiro atoms. The average Bonchev–Trinajstić information content (AvgIpc) is 2.03. The van der Waals surface area contributed by atoms with Crippen LogP contribution >= 0.6 is 23.5 Å². The second-order valence-electron chi connectivity index (χ2n) is 2.41. The molecule has 0 aromatic carbocycles. The molecule has 0 rings (SSSR count). The standard InChI is InChI=1S/C7H16N2OS2/c1-6(11-2)5-12-4-3-9-7(8)10/h6H,3-5H2,1-2H3,(H3,8,9,10). The van der Waals surface area contributed by atoms with E-state index in [2.05, 4.69) is 18.5 Å². The molecule has 0 heterocycles. The lowest BCUT2D eigenvalue weighted by Gasteiger charge is -2.06. The maximum atomic E-state index is 10.3. The van der Waals surface area contributed by atoms with Crippen molar-refractivity contribution >= 4 is 29.6 Å².